The third kappa shape index (κ3) is 1.43. The van der Waals surface area contributed by atoms with Crippen molar-refractivity contribution < 1.29 is 9.31 Å². The van der Waals surface area contributed by atoms with Gasteiger partial charge in [0.15, 0.2) is 5.15 Å². The van der Waals surface area contributed by atoms with Gasteiger partial charge in [0.25, 0.3) is 0 Å². The number of halogens is 2. The molecule has 0 aliphatic heterocycles. The van der Waals surface area contributed by atoms with Gasteiger partial charge in [-0.15, -0.1) is 0 Å². The van der Waals surface area contributed by atoms with Crippen LogP contribution in [-0.4, -0.2) is 9.91 Å². The molecule has 0 aliphatic rings. The van der Waals surface area contributed by atoms with Gasteiger partial charge in [0.1, 0.15) is 0 Å². The fourth-order valence-electron chi connectivity index (χ4n) is 0.550. The summed E-state index contributed by atoms with van der Waals surface area (Å²) in [6.07, 6.45) is 1.07. The molecule has 1 heterocycles. The van der Waals surface area contributed by atoms with Crippen LogP contribution < -0.4 is 0 Å². The first kappa shape index (κ1) is 7.87. The van der Waals surface area contributed by atoms with Gasteiger partial charge in [-0.2, -0.15) is 4.39 Å². The molecular weight excluding hydrogens is 175 g/mol. The van der Waals surface area contributed by atoms with E-state index in [0.717, 1.165) is 12.3 Å². The van der Waals surface area contributed by atoms with E-state index in [0.29, 0.717) is 0 Å². The van der Waals surface area contributed by atoms with Gasteiger partial charge in [-0.25, -0.2) is 4.98 Å². The van der Waals surface area contributed by atoms with Crippen LogP contribution in [0.2, 0.25) is 5.15 Å². The zero-order valence-electron chi connectivity index (χ0n) is 5.12. The van der Waals surface area contributed by atoms with Crippen LogP contribution in [0.4, 0.5) is 10.1 Å². The van der Waals surface area contributed by atoms with Crippen LogP contribution in [0.1, 0.15) is 0 Å². The molecule has 0 saturated carbocycles. The maximum Gasteiger partial charge on any atom is 0.309 e. The van der Waals surface area contributed by atoms with Gasteiger partial charge >= 0.3 is 5.69 Å². The normalized spacial score (nSPS) is 9.64. The lowest BCUT2D eigenvalue weighted by Gasteiger charge is -1.92. The van der Waals surface area contributed by atoms with Crippen LogP contribution in [0.3, 0.4) is 0 Å². The van der Waals surface area contributed by atoms with Gasteiger partial charge in [0.05, 0.1) is 4.92 Å². The fourth-order valence-corrected chi connectivity index (χ4v) is 0.703. The minimum absolute atomic E-state index is 0.487. The Hall–Kier alpha value is -1.23. The minimum atomic E-state index is -1.10. The van der Waals surface area contributed by atoms with E-state index in [1.807, 2.05) is 0 Å². The molecule has 0 saturated heterocycles. The summed E-state index contributed by atoms with van der Waals surface area (Å²) >= 11 is 5.17. The molecule has 1 aromatic heterocycles. The molecule has 0 amide bonds. The van der Waals surface area contributed by atoms with Crippen molar-refractivity contribution in [3.8, 4) is 0 Å². The van der Waals surface area contributed by atoms with E-state index in [1.54, 1.807) is 0 Å². The highest BCUT2D eigenvalue weighted by atomic mass is 35.5. The lowest BCUT2D eigenvalue weighted by atomic mass is 10.4. The molecule has 58 valence electrons. The summed E-state index contributed by atoms with van der Waals surface area (Å²) < 4.78 is 12.6. The van der Waals surface area contributed by atoms with Gasteiger partial charge < -0.3 is 0 Å². The third-order valence-electron chi connectivity index (χ3n) is 1.02. The Morgan fingerprint density at radius 3 is 2.82 bits per heavy atom. The Balaban J connectivity index is 3.27. The minimum Gasteiger partial charge on any atom is -0.258 e. The molecule has 0 atom stereocenters. The molecule has 0 bridgehead atoms. The monoisotopic (exact) mass is 176 g/mol. The predicted octanol–water partition coefficient (Wildman–Crippen LogP) is 1.78. The van der Waals surface area contributed by atoms with Crippen molar-refractivity contribution in [2.75, 3.05) is 0 Å². The summed E-state index contributed by atoms with van der Waals surface area (Å²) in [5.74, 6) is -1.10. The number of aromatic nitrogens is 1. The maximum atomic E-state index is 12.6. The predicted molar refractivity (Wildman–Crippen MR) is 35.9 cm³/mol. The van der Waals surface area contributed by atoms with E-state index in [1.165, 1.54) is 0 Å². The van der Waals surface area contributed by atoms with Crippen molar-refractivity contribution in [2.24, 2.45) is 0 Å². The van der Waals surface area contributed by atoms with Crippen molar-refractivity contribution in [2.45, 2.75) is 0 Å². The third-order valence-corrected chi connectivity index (χ3v) is 1.29. The van der Waals surface area contributed by atoms with Gasteiger partial charge in [0, 0.05) is 12.3 Å². The lowest BCUT2D eigenvalue weighted by molar-refractivity contribution is -0.387. The second-order valence-corrected chi connectivity index (χ2v) is 2.05. The summed E-state index contributed by atoms with van der Waals surface area (Å²) in [5, 5.41) is 9.57. The molecule has 0 N–H and O–H groups in total. The van der Waals surface area contributed by atoms with Crippen LogP contribution >= 0.6 is 11.6 Å². The van der Waals surface area contributed by atoms with Crippen molar-refractivity contribution >= 4 is 17.3 Å². The highest BCUT2D eigenvalue weighted by Crippen LogP contribution is 2.20. The van der Waals surface area contributed by atoms with Crippen LogP contribution in [-0.2, 0) is 0 Å². The zero-order chi connectivity index (χ0) is 8.43. The summed E-state index contributed by atoms with van der Waals surface area (Å²) in [6, 6.07) is 0.946. The lowest BCUT2D eigenvalue weighted by Crippen LogP contribution is -1.93. The van der Waals surface area contributed by atoms with Crippen LogP contribution in [0, 0.1) is 15.9 Å². The molecule has 0 unspecified atom stereocenters. The average molecular weight is 177 g/mol. The summed E-state index contributed by atoms with van der Waals surface area (Å²) in [6.45, 7) is 0. The van der Waals surface area contributed by atoms with Crippen LogP contribution in [0.5, 0.6) is 0 Å². The highest BCUT2D eigenvalue weighted by molar-refractivity contribution is 6.29. The number of rotatable bonds is 1. The number of hydrogen-bond donors (Lipinski definition) is 0. The Morgan fingerprint density at radius 2 is 2.36 bits per heavy atom. The van der Waals surface area contributed by atoms with Gasteiger partial charge in [-0.3, -0.25) is 10.1 Å². The first-order valence-corrected chi connectivity index (χ1v) is 2.95. The Kier molecular flexibility index (Phi) is 2.00. The molecule has 0 aliphatic carbocycles. The van der Waals surface area contributed by atoms with E-state index in [2.05, 4.69) is 4.98 Å². The quantitative estimate of drug-likeness (QED) is 0.372. The van der Waals surface area contributed by atoms with Crippen LogP contribution in [0.15, 0.2) is 12.3 Å². The van der Waals surface area contributed by atoms with Gasteiger partial charge in [-0.05, 0) is 0 Å². The van der Waals surface area contributed by atoms with E-state index in [9.17, 15) is 14.5 Å². The molecule has 0 fully saturated rings. The SMILES string of the molecule is O=[N+]([O-])c1ccnc(Cl)c1F. The molecular formula is C5H2ClFN2O2. The maximum absolute atomic E-state index is 12.6. The van der Waals surface area contributed by atoms with E-state index in [4.69, 9.17) is 11.6 Å². The Bertz CT molecular complexity index is 305. The first-order chi connectivity index (χ1) is 5.13. The summed E-state index contributed by atoms with van der Waals surface area (Å²) in [5.41, 5.74) is -0.662. The van der Waals surface area contributed by atoms with Crippen molar-refractivity contribution in [3.05, 3.63) is 33.3 Å². The van der Waals surface area contributed by atoms with E-state index < -0.39 is 21.6 Å². The Labute approximate surface area is 65.8 Å². The average Bonchev–Trinajstić information content (AvgIpc) is 1.94. The second kappa shape index (κ2) is 2.79. The van der Waals surface area contributed by atoms with Crippen molar-refractivity contribution in [1.29, 1.82) is 0 Å². The molecule has 0 radical (unpaired) electrons. The van der Waals surface area contributed by atoms with Crippen LogP contribution in [0.25, 0.3) is 0 Å². The van der Waals surface area contributed by atoms with Crippen molar-refractivity contribution in [1.82, 2.24) is 4.98 Å². The molecule has 4 nitrogen and oxygen atoms in total. The number of hydrogen-bond acceptors (Lipinski definition) is 3. The van der Waals surface area contributed by atoms with E-state index in [-0.39, 0.29) is 0 Å². The topological polar surface area (TPSA) is 56.0 Å². The standard InChI is InChI=1S/C5H2ClFN2O2/c6-5-4(7)3(9(10)11)1-2-8-5/h1-2H. The summed E-state index contributed by atoms with van der Waals surface area (Å²) in [4.78, 5) is 12.5. The molecule has 6 heteroatoms. The molecule has 1 aromatic rings. The molecule has 11 heavy (non-hydrogen) atoms. The van der Waals surface area contributed by atoms with Crippen molar-refractivity contribution in [3.63, 3.8) is 0 Å². The molecule has 0 aromatic carbocycles. The number of pyridine rings is 1. The van der Waals surface area contributed by atoms with E-state index >= 15 is 0 Å². The first-order valence-electron chi connectivity index (χ1n) is 2.57. The fraction of sp³-hybridized carbons (Fsp3) is 0. The number of nitro groups is 1. The highest BCUT2D eigenvalue weighted by Gasteiger charge is 2.16. The summed E-state index contributed by atoms with van der Waals surface area (Å²) in [7, 11) is 0. The smallest absolute Gasteiger partial charge is 0.258 e. The largest absolute Gasteiger partial charge is 0.309 e. The second-order valence-electron chi connectivity index (χ2n) is 1.69. The Morgan fingerprint density at radius 1 is 1.73 bits per heavy atom. The number of nitrogens with zero attached hydrogens (tertiary/aromatic N) is 2. The molecule has 1 rings (SSSR count). The van der Waals surface area contributed by atoms with Gasteiger partial charge in [0.2, 0.25) is 5.82 Å². The van der Waals surface area contributed by atoms with Gasteiger partial charge in [-0.1, -0.05) is 11.6 Å². The zero-order valence-corrected chi connectivity index (χ0v) is 5.88. The molecule has 0 spiro atoms.